The van der Waals surface area contributed by atoms with Crippen LogP contribution in [0.15, 0.2) is 30.3 Å². The molecule has 1 unspecified atom stereocenters. The van der Waals surface area contributed by atoms with Crippen LogP contribution in [-0.2, 0) is 16.1 Å². The van der Waals surface area contributed by atoms with Gasteiger partial charge in [0.1, 0.15) is 6.29 Å². The molecule has 0 saturated carbocycles. The van der Waals surface area contributed by atoms with Gasteiger partial charge in [-0.15, -0.1) is 0 Å². The van der Waals surface area contributed by atoms with Crippen molar-refractivity contribution in [3.8, 4) is 0 Å². The molecule has 1 aliphatic rings. The molecule has 1 saturated heterocycles. The molecule has 1 aliphatic heterocycles. The zero-order valence-corrected chi connectivity index (χ0v) is 9.86. The molecule has 1 aromatic rings. The predicted molar refractivity (Wildman–Crippen MR) is 64.2 cm³/mol. The second-order valence-corrected chi connectivity index (χ2v) is 4.29. The Kier molecular flexibility index (Phi) is 3.94. The van der Waals surface area contributed by atoms with Crippen LogP contribution < -0.4 is 0 Å². The van der Waals surface area contributed by atoms with Gasteiger partial charge < -0.3 is 14.6 Å². The summed E-state index contributed by atoms with van der Waals surface area (Å²) in [5, 5.41) is 8.93. The van der Waals surface area contributed by atoms with Crippen molar-refractivity contribution in [2.75, 3.05) is 6.54 Å². The molecule has 0 aromatic heterocycles. The number of benzene rings is 1. The van der Waals surface area contributed by atoms with Crippen LogP contribution in [0.3, 0.4) is 0 Å². The molecular weight excluding hydrogens is 234 g/mol. The Morgan fingerprint density at radius 1 is 1.44 bits per heavy atom. The molecular formula is C13H15NO4. The number of carbonyl (C=O) groups is 2. The quantitative estimate of drug-likeness (QED) is 0.822. The lowest BCUT2D eigenvalue weighted by Crippen LogP contribution is -2.35. The molecule has 1 aromatic carbocycles. The molecule has 0 aliphatic carbocycles. The molecule has 0 bridgehead atoms. The molecule has 2 rings (SSSR count). The van der Waals surface area contributed by atoms with Crippen LogP contribution >= 0.6 is 0 Å². The summed E-state index contributed by atoms with van der Waals surface area (Å²) in [6.07, 6.45) is -0.183. The van der Waals surface area contributed by atoms with Gasteiger partial charge in [-0.2, -0.15) is 0 Å². The fourth-order valence-corrected chi connectivity index (χ4v) is 2.08. The van der Waals surface area contributed by atoms with E-state index in [0.29, 0.717) is 19.3 Å². The molecule has 0 spiro atoms. The monoisotopic (exact) mass is 249 g/mol. The average Bonchev–Trinajstić information content (AvgIpc) is 2.81. The minimum Gasteiger partial charge on any atom is -0.465 e. The van der Waals surface area contributed by atoms with Crippen molar-refractivity contribution in [2.45, 2.75) is 25.2 Å². The van der Waals surface area contributed by atoms with Gasteiger partial charge in [-0.05, 0) is 5.56 Å². The van der Waals surface area contributed by atoms with Crippen LogP contribution in [-0.4, -0.2) is 41.1 Å². The van der Waals surface area contributed by atoms with Gasteiger partial charge >= 0.3 is 6.09 Å². The third-order valence-corrected chi connectivity index (χ3v) is 3.04. The molecule has 0 radical (unpaired) electrons. The molecule has 5 nitrogen and oxygen atoms in total. The average molecular weight is 249 g/mol. The number of aldehydes is 1. The Morgan fingerprint density at radius 3 is 2.72 bits per heavy atom. The highest BCUT2D eigenvalue weighted by molar-refractivity contribution is 5.72. The Labute approximate surface area is 105 Å². The second-order valence-electron chi connectivity index (χ2n) is 4.29. The number of nitrogens with zero attached hydrogens (tertiary/aromatic N) is 1. The number of hydrogen-bond donors (Lipinski definition) is 1. The number of hydrogen-bond acceptors (Lipinski definition) is 3. The van der Waals surface area contributed by atoms with E-state index in [1.54, 1.807) is 0 Å². The third-order valence-electron chi connectivity index (χ3n) is 3.04. The highest BCUT2D eigenvalue weighted by Gasteiger charge is 2.35. The highest BCUT2D eigenvalue weighted by atomic mass is 16.5. The van der Waals surface area contributed by atoms with Gasteiger partial charge in [0.2, 0.25) is 0 Å². The van der Waals surface area contributed by atoms with E-state index in [1.165, 1.54) is 0 Å². The smallest absolute Gasteiger partial charge is 0.407 e. The summed E-state index contributed by atoms with van der Waals surface area (Å²) < 4.78 is 5.64. The van der Waals surface area contributed by atoms with E-state index in [2.05, 4.69) is 0 Å². The lowest BCUT2D eigenvalue weighted by Gasteiger charge is -2.15. The van der Waals surface area contributed by atoms with Crippen LogP contribution in [0.5, 0.6) is 0 Å². The zero-order chi connectivity index (χ0) is 13.0. The first kappa shape index (κ1) is 12.6. The van der Waals surface area contributed by atoms with E-state index in [-0.39, 0.29) is 12.6 Å². The fourth-order valence-electron chi connectivity index (χ4n) is 2.08. The van der Waals surface area contributed by atoms with E-state index < -0.39 is 12.1 Å². The molecule has 1 fully saturated rings. The Bertz CT molecular complexity index is 420. The summed E-state index contributed by atoms with van der Waals surface area (Å²) >= 11 is 0. The highest BCUT2D eigenvalue weighted by Crippen LogP contribution is 2.20. The fraction of sp³-hybridized carbons (Fsp3) is 0.385. The normalized spacial score (nSPS) is 23.0. The number of ether oxygens (including phenoxy) is 1. The summed E-state index contributed by atoms with van der Waals surface area (Å²) in [7, 11) is 0. The van der Waals surface area contributed by atoms with Gasteiger partial charge in [0.15, 0.2) is 0 Å². The third kappa shape index (κ3) is 2.87. The van der Waals surface area contributed by atoms with Gasteiger partial charge in [0.05, 0.1) is 25.3 Å². The first-order valence-corrected chi connectivity index (χ1v) is 5.81. The minimum atomic E-state index is -1.07. The summed E-state index contributed by atoms with van der Waals surface area (Å²) in [5.74, 6) is 0. The second kappa shape index (κ2) is 5.64. The maximum absolute atomic E-state index is 10.9. The van der Waals surface area contributed by atoms with E-state index in [1.807, 2.05) is 30.3 Å². The van der Waals surface area contributed by atoms with Crippen molar-refractivity contribution in [3.63, 3.8) is 0 Å². The van der Waals surface area contributed by atoms with E-state index in [4.69, 9.17) is 9.84 Å². The largest absolute Gasteiger partial charge is 0.465 e. The first-order chi connectivity index (χ1) is 8.70. The Hall–Kier alpha value is -1.88. The van der Waals surface area contributed by atoms with Crippen molar-refractivity contribution < 1.29 is 19.4 Å². The topological polar surface area (TPSA) is 66.8 Å². The Balaban J connectivity index is 1.88. The minimum absolute atomic E-state index is 0.212. The maximum Gasteiger partial charge on any atom is 0.407 e. The molecule has 1 heterocycles. The maximum atomic E-state index is 10.9. The lowest BCUT2D eigenvalue weighted by atomic mass is 10.2. The number of amides is 1. The van der Waals surface area contributed by atoms with Crippen LogP contribution in [0.1, 0.15) is 12.0 Å². The summed E-state index contributed by atoms with van der Waals surface area (Å²) in [6, 6.07) is 9.08. The number of rotatable bonds is 4. The Morgan fingerprint density at radius 2 is 2.17 bits per heavy atom. The molecule has 2 atom stereocenters. The molecule has 18 heavy (non-hydrogen) atoms. The SMILES string of the molecule is O=C[C@@H]1CC(OCc2ccccc2)CN1C(=O)O. The number of carboxylic acid groups (broad SMARTS) is 1. The van der Waals surface area contributed by atoms with Crippen LogP contribution in [0.2, 0.25) is 0 Å². The van der Waals surface area contributed by atoms with Crippen LogP contribution in [0, 0.1) is 0 Å². The van der Waals surface area contributed by atoms with Crippen LogP contribution in [0.4, 0.5) is 4.79 Å². The summed E-state index contributed by atoms with van der Waals surface area (Å²) in [4.78, 5) is 22.8. The van der Waals surface area contributed by atoms with Crippen molar-refractivity contribution in [2.24, 2.45) is 0 Å². The zero-order valence-electron chi connectivity index (χ0n) is 9.86. The molecule has 5 heteroatoms. The first-order valence-electron chi connectivity index (χ1n) is 5.81. The van der Waals surface area contributed by atoms with Crippen molar-refractivity contribution in [1.82, 2.24) is 4.90 Å². The molecule has 96 valence electrons. The van der Waals surface area contributed by atoms with Gasteiger partial charge in [0, 0.05) is 6.42 Å². The number of likely N-dealkylation sites (tertiary alicyclic amines) is 1. The van der Waals surface area contributed by atoms with Gasteiger partial charge in [-0.25, -0.2) is 4.79 Å². The standard InChI is InChI=1S/C13H15NO4/c15-8-11-6-12(7-14(11)13(16)17)18-9-10-4-2-1-3-5-10/h1-5,8,11-12H,6-7,9H2,(H,16,17)/t11-,12?/m0/s1. The van der Waals surface area contributed by atoms with Crippen molar-refractivity contribution in [3.05, 3.63) is 35.9 Å². The summed E-state index contributed by atoms with van der Waals surface area (Å²) in [6.45, 7) is 0.691. The number of carbonyl (C=O) groups excluding carboxylic acids is 1. The van der Waals surface area contributed by atoms with E-state index >= 15 is 0 Å². The summed E-state index contributed by atoms with van der Waals surface area (Å²) in [5.41, 5.74) is 1.04. The van der Waals surface area contributed by atoms with Crippen LogP contribution in [0.25, 0.3) is 0 Å². The van der Waals surface area contributed by atoms with E-state index in [0.717, 1.165) is 10.5 Å². The van der Waals surface area contributed by atoms with Crippen molar-refractivity contribution in [1.29, 1.82) is 0 Å². The van der Waals surface area contributed by atoms with Gasteiger partial charge in [-0.3, -0.25) is 4.90 Å². The van der Waals surface area contributed by atoms with Gasteiger partial charge in [-0.1, -0.05) is 30.3 Å². The molecule has 1 amide bonds. The van der Waals surface area contributed by atoms with E-state index in [9.17, 15) is 9.59 Å². The lowest BCUT2D eigenvalue weighted by molar-refractivity contribution is -0.111. The van der Waals surface area contributed by atoms with Gasteiger partial charge in [0.25, 0.3) is 0 Å². The van der Waals surface area contributed by atoms with Crippen molar-refractivity contribution >= 4 is 12.4 Å². The molecule has 1 N–H and O–H groups in total. The predicted octanol–water partition coefficient (Wildman–Crippen LogP) is 1.52.